The molecule has 0 N–H and O–H groups in total. The quantitative estimate of drug-likeness (QED) is 0.854. The fraction of sp³-hybridized carbons (Fsp3) is 0.688. The van der Waals surface area contributed by atoms with Crippen molar-refractivity contribution in [2.24, 2.45) is 5.92 Å². The molecule has 124 valence electrons. The predicted molar refractivity (Wildman–Crippen MR) is 80.5 cm³/mol. The molecule has 3 fully saturated rings. The Morgan fingerprint density at radius 1 is 1.09 bits per heavy atom. The number of carbonyl (C=O) groups is 1. The molecule has 3 aliphatic rings. The Bertz CT molecular complexity index is 588. The highest BCUT2D eigenvalue weighted by molar-refractivity contribution is 5.81. The van der Waals surface area contributed by atoms with Crippen LogP contribution in [0.25, 0.3) is 0 Å². The van der Waals surface area contributed by atoms with Crippen LogP contribution in [0.5, 0.6) is 0 Å². The van der Waals surface area contributed by atoms with E-state index in [0.29, 0.717) is 37.8 Å². The third-order valence-corrected chi connectivity index (χ3v) is 4.76. The van der Waals surface area contributed by atoms with E-state index in [1.165, 1.54) is 6.07 Å². The van der Waals surface area contributed by atoms with Crippen molar-refractivity contribution in [1.29, 1.82) is 0 Å². The first kappa shape index (κ1) is 14.8. The van der Waals surface area contributed by atoms with Crippen LogP contribution in [0.3, 0.4) is 0 Å². The summed E-state index contributed by atoms with van der Waals surface area (Å²) in [5.41, 5.74) is -0.187. The molecule has 2 aliphatic carbocycles. The van der Waals surface area contributed by atoms with Crippen LogP contribution in [-0.2, 0) is 4.79 Å². The Labute approximate surface area is 133 Å². The first-order valence-corrected chi connectivity index (χ1v) is 8.32. The normalized spacial score (nSPS) is 21.9. The van der Waals surface area contributed by atoms with Crippen LogP contribution in [0.15, 0.2) is 6.07 Å². The van der Waals surface area contributed by atoms with Gasteiger partial charge in [0.2, 0.25) is 5.91 Å². The van der Waals surface area contributed by atoms with Crippen LogP contribution in [0, 0.1) is 5.92 Å². The van der Waals surface area contributed by atoms with Crippen molar-refractivity contribution in [3.05, 3.63) is 17.6 Å². The van der Waals surface area contributed by atoms with Crippen LogP contribution in [0.2, 0.25) is 0 Å². The summed E-state index contributed by atoms with van der Waals surface area (Å²) in [6.07, 6.45) is 1.40. The second-order valence-corrected chi connectivity index (χ2v) is 6.67. The minimum Gasteiger partial charge on any atom is -0.353 e. The fourth-order valence-electron chi connectivity index (χ4n) is 3.01. The average molecular weight is 322 g/mol. The van der Waals surface area contributed by atoms with Crippen LogP contribution < -0.4 is 4.90 Å². The number of alkyl halides is 2. The highest BCUT2D eigenvalue weighted by Crippen LogP contribution is 2.39. The summed E-state index contributed by atoms with van der Waals surface area (Å²) in [6, 6.07) is 1.40. The molecule has 5 nitrogen and oxygen atoms in total. The molecule has 1 amide bonds. The lowest BCUT2D eigenvalue weighted by Gasteiger charge is -2.35. The average Bonchev–Trinajstić information content (AvgIpc) is 3.46. The molecule has 0 unspecified atom stereocenters. The number of halogens is 2. The summed E-state index contributed by atoms with van der Waals surface area (Å²) in [5.74, 6) is 1.85. The Morgan fingerprint density at radius 2 is 1.78 bits per heavy atom. The Balaban J connectivity index is 1.48. The molecule has 2 saturated carbocycles. The molecule has 0 bridgehead atoms. The van der Waals surface area contributed by atoms with Crippen molar-refractivity contribution in [3.63, 3.8) is 0 Å². The van der Waals surface area contributed by atoms with E-state index in [1.807, 2.05) is 9.80 Å². The zero-order chi connectivity index (χ0) is 16.0. The van der Waals surface area contributed by atoms with E-state index in [0.717, 1.165) is 25.7 Å². The van der Waals surface area contributed by atoms with Gasteiger partial charge < -0.3 is 9.80 Å². The maximum absolute atomic E-state index is 13.1. The predicted octanol–water partition coefficient (Wildman–Crippen LogP) is 2.35. The zero-order valence-electron chi connectivity index (χ0n) is 12.9. The second kappa shape index (κ2) is 5.69. The van der Waals surface area contributed by atoms with E-state index in [9.17, 15) is 13.6 Å². The molecule has 0 atom stereocenters. The Hall–Kier alpha value is -1.79. The maximum Gasteiger partial charge on any atom is 0.280 e. The number of hydrogen-bond donors (Lipinski definition) is 0. The molecule has 4 rings (SSSR count). The lowest BCUT2D eigenvalue weighted by atomic mass is 10.2. The summed E-state index contributed by atoms with van der Waals surface area (Å²) in [5, 5.41) is 0. The molecule has 23 heavy (non-hydrogen) atoms. The largest absolute Gasteiger partial charge is 0.353 e. The minimum atomic E-state index is -2.58. The van der Waals surface area contributed by atoms with Gasteiger partial charge in [0.05, 0.1) is 0 Å². The molecule has 0 spiro atoms. The Morgan fingerprint density at radius 3 is 2.35 bits per heavy atom. The molecule has 0 radical (unpaired) electrons. The van der Waals surface area contributed by atoms with Crippen LogP contribution in [0.4, 0.5) is 14.6 Å². The standard InChI is InChI=1S/C16H20F2N4O/c17-14(18)12-9-13(20-15(19-12)10-1-2-10)21-5-7-22(8-6-21)16(23)11-3-4-11/h9-11,14H,1-8H2. The molecule has 2 heterocycles. The van der Waals surface area contributed by atoms with E-state index in [4.69, 9.17) is 0 Å². The summed E-state index contributed by atoms with van der Waals surface area (Å²) < 4.78 is 26.2. The van der Waals surface area contributed by atoms with Gasteiger partial charge in [0, 0.05) is 44.1 Å². The number of aromatic nitrogens is 2. The lowest BCUT2D eigenvalue weighted by molar-refractivity contribution is -0.132. The van der Waals surface area contributed by atoms with Gasteiger partial charge in [-0.25, -0.2) is 18.7 Å². The van der Waals surface area contributed by atoms with Gasteiger partial charge in [-0.3, -0.25) is 4.79 Å². The molecule has 0 aromatic carbocycles. The van der Waals surface area contributed by atoms with Gasteiger partial charge in [-0.05, 0) is 25.7 Å². The van der Waals surface area contributed by atoms with Gasteiger partial charge in [0.1, 0.15) is 17.3 Å². The fourth-order valence-corrected chi connectivity index (χ4v) is 3.01. The number of piperazine rings is 1. The van der Waals surface area contributed by atoms with Gasteiger partial charge in [-0.15, -0.1) is 0 Å². The van der Waals surface area contributed by atoms with Crippen LogP contribution in [0.1, 0.15) is 49.5 Å². The highest BCUT2D eigenvalue weighted by atomic mass is 19.3. The molecular formula is C16H20F2N4O. The highest BCUT2D eigenvalue weighted by Gasteiger charge is 2.35. The van der Waals surface area contributed by atoms with Crippen molar-refractivity contribution < 1.29 is 13.6 Å². The zero-order valence-corrected chi connectivity index (χ0v) is 12.9. The van der Waals surface area contributed by atoms with Crippen LogP contribution in [-0.4, -0.2) is 47.0 Å². The molecule has 7 heteroatoms. The Kier molecular flexibility index (Phi) is 3.66. The van der Waals surface area contributed by atoms with Gasteiger partial charge in [-0.1, -0.05) is 0 Å². The van der Waals surface area contributed by atoms with E-state index in [2.05, 4.69) is 9.97 Å². The monoisotopic (exact) mass is 322 g/mol. The lowest BCUT2D eigenvalue weighted by Crippen LogP contribution is -2.49. The summed E-state index contributed by atoms with van der Waals surface area (Å²) >= 11 is 0. The van der Waals surface area contributed by atoms with Crippen molar-refractivity contribution in [3.8, 4) is 0 Å². The first-order valence-electron chi connectivity index (χ1n) is 8.32. The molecular weight excluding hydrogens is 302 g/mol. The number of carbonyl (C=O) groups excluding carboxylic acids is 1. The number of rotatable bonds is 4. The first-order chi connectivity index (χ1) is 11.1. The number of anilines is 1. The van der Waals surface area contributed by atoms with Gasteiger partial charge in [0.25, 0.3) is 6.43 Å². The third-order valence-electron chi connectivity index (χ3n) is 4.76. The van der Waals surface area contributed by atoms with Crippen molar-refractivity contribution in [2.45, 2.75) is 38.0 Å². The summed E-state index contributed by atoms with van der Waals surface area (Å²) in [7, 11) is 0. The summed E-state index contributed by atoms with van der Waals surface area (Å²) in [6.45, 7) is 2.56. The SMILES string of the molecule is O=C(C1CC1)N1CCN(c2cc(C(F)F)nc(C3CC3)n2)CC1. The number of nitrogens with zero attached hydrogens (tertiary/aromatic N) is 4. The van der Waals surface area contributed by atoms with Gasteiger partial charge in [-0.2, -0.15) is 0 Å². The molecule has 1 aromatic rings. The third kappa shape index (κ3) is 3.14. The van der Waals surface area contributed by atoms with E-state index in [-0.39, 0.29) is 23.4 Å². The minimum absolute atomic E-state index is 0.187. The van der Waals surface area contributed by atoms with E-state index < -0.39 is 6.43 Å². The molecule has 1 aromatic heterocycles. The smallest absolute Gasteiger partial charge is 0.280 e. The second-order valence-electron chi connectivity index (χ2n) is 6.67. The number of hydrogen-bond acceptors (Lipinski definition) is 4. The maximum atomic E-state index is 13.1. The summed E-state index contributed by atoms with van der Waals surface area (Å²) in [4.78, 5) is 24.5. The molecule has 1 aliphatic heterocycles. The van der Waals surface area contributed by atoms with Gasteiger partial charge in [0.15, 0.2) is 0 Å². The van der Waals surface area contributed by atoms with Crippen molar-refractivity contribution in [2.75, 3.05) is 31.1 Å². The van der Waals surface area contributed by atoms with Crippen LogP contribution >= 0.6 is 0 Å². The van der Waals surface area contributed by atoms with Crippen molar-refractivity contribution >= 4 is 11.7 Å². The topological polar surface area (TPSA) is 49.3 Å². The molecule has 1 saturated heterocycles. The van der Waals surface area contributed by atoms with E-state index in [1.54, 1.807) is 0 Å². The van der Waals surface area contributed by atoms with Crippen molar-refractivity contribution in [1.82, 2.24) is 14.9 Å². The number of amides is 1. The van der Waals surface area contributed by atoms with Gasteiger partial charge >= 0.3 is 0 Å². The van der Waals surface area contributed by atoms with E-state index >= 15 is 0 Å².